The molecule has 0 radical (unpaired) electrons. The van der Waals surface area contributed by atoms with Crippen molar-refractivity contribution in [2.24, 2.45) is 0 Å². The third-order valence-electron chi connectivity index (χ3n) is 1.03. The molecule has 0 aliphatic rings. The summed E-state index contributed by atoms with van der Waals surface area (Å²) < 4.78 is 0. The Morgan fingerprint density at radius 2 is 1.71 bits per heavy atom. The molecule has 0 heterocycles. The van der Waals surface area contributed by atoms with E-state index in [1.165, 1.54) is 13.8 Å². The zero-order chi connectivity index (χ0) is 11.0. The summed E-state index contributed by atoms with van der Waals surface area (Å²) in [5, 5.41) is 19.5. The molecule has 0 fully saturated rings. The predicted molar refractivity (Wildman–Crippen MR) is 52.7 cm³/mol. The van der Waals surface area contributed by atoms with Crippen LogP contribution >= 0.6 is 0 Å². The van der Waals surface area contributed by atoms with E-state index >= 15 is 0 Å². The molecule has 0 spiro atoms. The largest absolute Gasteiger partial charge is 0.383 e. The van der Waals surface area contributed by atoms with Crippen LogP contribution in [0.5, 0.6) is 0 Å². The van der Waals surface area contributed by atoms with Crippen LogP contribution in [0.3, 0.4) is 0 Å². The first-order chi connectivity index (χ1) is 5.82. The van der Waals surface area contributed by atoms with Gasteiger partial charge >= 0.3 is 0 Å². The first-order valence-corrected chi connectivity index (χ1v) is 3.65. The first kappa shape index (κ1) is 18.6. The van der Waals surface area contributed by atoms with E-state index < -0.39 is 12.0 Å². The van der Waals surface area contributed by atoms with E-state index in [1.54, 1.807) is 7.05 Å². The standard InChI is InChI=1S/C4H9NO3.C3H7NO.CH4/c1-3(6)4(7)5(2)8;1-3(5)4-2;/h3,6,8H,1-2H3;1-2H3,(H,4,5);1H4. The van der Waals surface area contributed by atoms with Gasteiger partial charge < -0.3 is 10.4 Å². The molecule has 6 nitrogen and oxygen atoms in total. The molecule has 0 aromatic heterocycles. The van der Waals surface area contributed by atoms with Gasteiger partial charge in [-0.05, 0) is 6.92 Å². The van der Waals surface area contributed by atoms with Crippen molar-refractivity contribution in [2.75, 3.05) is 14.1 Å². The third kappa shape index (κ3) is 13.4. The minimum atomic E-state index is -1.12. The maximum Gasteiger partial charge on any atom is 0.274 e. The van der Waals surface area contributed by atoms with E-state index in [4.69, 9.17) is 10.3 Å². The van der Waals surface area contributed by atoms with Crippen molar-refractivity contribution < 1.29 is 19.9 Å². The van der Waals surface area contributed by atoms with E-state index in [9.17, 15) is 9.59 Å². The number of nitrogens with one attached hydrogen (secondary N) is 1. The average molecular weight is 208 g/mol. The van der Waals surface area contributed by atoms with Crippen LogP contribution in [0.4, 0.5) is 0 Å². The van der Waals surface area contributed by atoms with E-state index in [2.05, 4.69) is 5.32 Å². The molecule has 0 saturated heterocycles. The smallest absolute Gasteiger partial charge is 0.274 e. The van der Waals surface area contributed by atoms with E-state index in [0.717, 1.165) is 7.05 Å². The molecule has 3 N–H and O–H groups in total. The summed E-state index contributed by atoms with van der Waals surface area (Å²) in [6.45, 7) is 2.76. The Kier molecular flexibility index (Phi) is 13.2. The highest BCUT2D eigenvalue weighted by atomic mass is 16.5. The monoisotopic (exact) mass is 208 g/mol. The summed E-state index contributed by atoms with van der Waals surface area (Å²) >= 11 is 0. The lowest BCUT2D eigenvalue weighted by Crippen LogP contribution is -2.31. The highest BCUT2D eigenvalue weighted by Gasteiger charge is 2.10. The second-order valence-corrected chi connectivity index (χ2v) is 2.34. The number of nitrogens with zero attached hydrogens (tertiary/aromatic N) is 1. The van der Waals surface area contributed by atoms with Crippen LogP contribution < -0.4 is 5.32 Å². The Labute approximate surface area is 84.5 Å². The van der Waals surface area contributed by atoms with Crippen LogP contribution in [0.25, 0.3) is 0 Å². The third-order valence-corrected chi connectivity index (χ3v) is 1.03. The summed E-state index contributed by atoms with van der Waals surface area (Å²) in [4.78, 5) is 20.0. The van der Waals surface area contributed by atoms with Gasteiger partial charge in [0.1, 0.15) is 6.10 Å². The number of amides is 2. The van der Waals surface area contributed by atoms with Crippen LogP contribution in [-0.4, -0.2) is 47.4 Å². The molecule has 1 unspecified atom stereocenters. The summed E-state index contributed by atoms with van der Waals surface area (Å²) in [7, 11) is 2.76. The average Bonchev–Trinajstić information content (AvgIpc) is 2.03. The molecule has 0 rings (SSSR count). The van der Waals surface area contributed by atoms with Crippen molar-refractivity contribution >= 4 is 11.8 Å². The molecule has 0 aliphatic carbocycles. The number of aliphatic hydroxyl groups excluding tert-OH is 1. The Bertz CT molecular complexity index is 159. The lowest BCUT2D eigenvalue weighted by molar-refractivity contribution is -0.167. The predicted octanol–water partition coefficient (Wildman–Crippen LogP) is -0.397. The van der Waals surface area contributed by atoms with Crippen LogP contribution in [-0.2, 0) is 9.59 Å². The molecule has 0 aromatic rings. The fourth-order valence-electron chi connectivity index (χ4n) is 0.270. The van der Waals surface area contributed by atoms with Crippen molar-refractivity contribution in [1.29, 1.82) is 0 Å². The number of rotatable bonds is 1. The summed E-state index contributed by atoms with van der Waals surface area (Å²) in [6, 6.07) is 0. The SMILES string of the molecule is C.CC(O)C(=O)N(C)O.CNC(C)=O. The Hall–Kier alpha value is -1.14. The molecule has 0 aromatic carbocycles. The van der Waals surface area contributed by atoms with Crippen molar-refractivity contribution in [3.8, 4) is 0 Å². The Morgan fingerprint density at radius 1 is 1.43 bits per heavy atom. The number of hydrogen-bond donors (Lipinski definition) is 3. The second kappa shape index (κ2) is 9.94. The summed E-state index contributed by atoms with van der Waals surface area (Å²) in [5.74, 6) is -0.699. The van der Waals surface area contributed by atoms with Gasteiger partial charge in [0.2, 0.25) is 5.91 Å². The van der Waals surface area contributed by atoms with Gasteiger partial charge in [0, 0.05) is 21.0 Å². The molecule has 14 heavy (non-hydrogen) atoms. The molecule has 86 valence electrons. The van der Waals surface area contributed by atoms with E-state index in [1.807, 2.05) is 0 Å². The van der Waals surface area contributed by atoms with Gasteiger partial charge in [0.05, 0.1) is 0 Å². The molecule has 0 bridgehead atoms. The number of carbonyl (C=O) groups is 2. The lowest BCUT2D eigenvalue weighted by Gasteiger charge is -2.08. The Balaban J connectivity index is -0.000000177. The van der Waals surface area contributed by atoms with Gasteiger partial charge in [0.15, 0.2) is 0 Å². The first-order valence-electron chi connectivity index (χ1n) is 3.65. The van der Waals surface area contributed by atoms with Crippen LogP contribution in [0.15, 0.2) is 0 Å². The molecule has 0 aliphatic heterocycles. The molecular weight excluding hydrogens is 188 g/mol. The van der Waals surface area contributed by atoms with Crippen molar-refractivity contribution in [2.45, 2.75) is 27.4 Å². The zero-order valence-electron chi connectivity index (χ0n) is 8.24. The van der Waals surface area contributed by atoms with Crippen molar-refractivity contribution in [3.63, 3.8) is 0 Å². The Morgan fingerprint density at radius 3 is 1.71 bits per heavy atom. The van der Waals surface area contributed by atoms with Gasteiger partial charge in [-0.15, -0.1) is 0 Å². The minimum absolute atomic E-state index is 0. The molecule has 1 atom stereocenters. The van der Waals surface area contributed by atoms with Gasteiger partial charge in [-0.3, -0.25) is 14.8 Å². The highest BCUT2D eigenvalue weighted by molar-refractivity contribution is 5.78. The second-order valence-electron chi connectivity index (χ2n) is 2.34. The number of hydrogen-bond acceptors (Lipinski definition) is 4. The van der Waals surface area contributed by atoms with Crippen molar-refractivity contribution in [3.05, 3.63) is 0 Å². The normalized spacial score (nSPS) is 9.86. The quantitative estimate of drug-likeness (QED) is 0.404. The molecule has 0 saturated carbocycles. The fraction of sp³-hybridized carbons (Fsp3) is 0.750. The lowest BCUT2D eigenvalue weighted by atomic mass is 10.4. The molecule has 6 heteroatoms. The van der Waals surface area contributed by atoms with Gasteiger partial charge in [-0.1, -0.05) is 7.43 Å². The van der Waals surface area contributed by atoms with Crippen LogP contribution in [0.2, 0.25) is 0 Å². The van der Waals surface area contributed by atoms with E-state index in [0.29, 0.717) is 5.06 Å². The van der Waals surface area contributed by atoms with Crippen molar-refractivity contribution in [1.82, 2.24) is 10.4 Å². The summed E-state index contributed by atoms with van der Waals surface area (Å²) in [5.41, 5.74) is 0. The topological polar surface area (TPSA) is 89.9 Å². The molecular formula is C8H20N2O4. The van der Waals surface area contributed by atoms with Crippen LogP contribution in [0, 0.1) is 0 Å². The summed E-state index contributed by atoms with van der Waals surface area (Å²) in [6.07, 6.45) is -1.12. The number of carbonyl (C=O) groups excluding carboxylic acids is 2. The molecule has 2 amide bonds. The zero-order valence-corrected chi connectivity index (χ0v) is 8.24. The number of aliphatic hydroxyl groups is 1. The van der Waals surface area contributed by atoms with E-state index in [-0.39, 0.29) is 13.3 Å². The van der Waals surface area contributed by atoms with Gasteiger partial charge in [-0.2, -0.15) is 0 Å². The minimum Gasteiger partial charge on any atom is -0.383 e. The number of likely N-dealkylation sites (N-methyl/N-ethyl adjacent to an activating group) is 1. The maximum absolute atomic E-state index is 10.3. The highest BCUT2D eigenvalue weighted by Crippen LogP contribution is 1.84. The maximum atomic E-state index is 10.3. The van der Waals surface area contributed by atoms with Gasteiger partial charge in [0.25, 0.3) is 5.91 Å². The number of hydroxylamine groups is 2. The van der Waals surface area contributed by atoms with Gasteiger partial charge in [-0.25, -0.2) is 5.06 Å². The van der Waals surface area contributed by atoms with Crippen LogP contribution in [0.1, 0.15) is 21.3 Å². The fourth-order valence-corrected chi connectivity index (χ4v) is 0.270.